The van der Waals surface area contributed by atoms with E-state index < -0.39 is 5.97 Å². The van der Waals surface area contributed by atoms with Gasteiger partial charge in [0.1, 0.15) is 5.03 Å². The van der Waals surface area contributed by atoms with Crippen molar-refractivity contribution >= 4 is 23.4 Å². The molecule has 0 aromatic carbocycles. The zero-order valence-corrected chi connectivity index (χ0v) is 12.4. The van der Waals surface area contributed by atoms with Crippen LogP contribution in [0.15, 0.2) is 33.3 Å². The molecule has 0 radical (unpaired) electrons. The molecule has 0 aliphatic rings. The molecular formula is C13H14N4O3S. The van der Waals surface area contributed by atoms with E-state index in [1.807, 2.05) is 0 Å². The molecule has 2 aromatic heterocycles. The molecule has 0 spiro atoms. The summed E-state index contributed by atoms with van der Waals surface area (Å²) in [4.78, 5) is 34.2. The lowest BCUT2D eigenvalue weighted by atomic mass is 10.3. The Hall–Kier alpha value is -2.35. The minimum absolute atomic E-state index is 0.242. The molecule has 0 unspecified atom stereocenters. The second-order valence-electron chi connectivity index (χ2n) is 4.14. The van der Waals surface area contributed by atoms with Gasteiger partial charge in [-0.15, -0.1) is 0 Å². The van der Waals surface area contributed by atoms with Crippen LogP contribution in [0.25, 0.3) is 0 Å². The normalized spacial score (nSPS) is 10.4. The number of aryl methyl sites for hydroxylation is 1. The van der Waals surface area contributed by atoms with E-state index in [9.17, 15) is 9.59 Å². The molecule has 0 amide bonds. The van der Waals surface area contributed by atoms with Crippen LogP contribution in [0.4, 0.5) is 5.69 Å². The summed E-state index contributed by atoms with van der Waals surface area (Å²) in [6, 6.07) is 2.87. The molecule has 7 nitrogen and oxygen atoms in total. The molecule has 3 N–H and O–H groups in total. The standard InChI is InChI=1S/C13H14N4O3S/c1-3-20-12(19)9-5-8(14)6-15-11(9)21-13-16-7(2)4-10(18)17-13/h4-6H,3,14H2,1-2H3,(H,16,17,18). The number of carbonyl (C=O) groups is 1. The van der Waals surface area contributed by atoms with Crippen LogP contribution in [-0.4, -0.2) is 27.5 Å². The minimum atomic E-state index is -0.519. The van der Waals surface area contributed by atoms with E-state index in [2.05, 4.69) is 15.0 Å². The number of anilines is 1. The Balaban J connectivity index is 2.39. The number of nitrogen functional groups attached to an aromatic ring is 1. The predicted molar refractivity (Wildman–Crippen MR) is 78.3 cm³/mol. The molecule has 0 aliphatic heterocycles. The highest BCUT2D eigenvalue weighted by Gasteiger charge is 2.16. The van der Waals surface area contributed by atoms with Gasteiger partial charge in [-0.05, 0) is 31.7 Å². The van der Waals surface area contributed by atoms with Crippen molar-refractivity contribution in [3.63, 3.8) is 0 Å². The first-order valence-electron chi connectivity index (χ1n) is 6.18. The molecule has 0 atom stereocenters. The minimum Gasteiger partial charge on any atom is -0.462 e. The second kappa shape index (κ2) is 6.40. The van der Waals surface area contributed by atoms with E-state index in [-0.39, 0.29) is 17.7 Å². The molecular weight excluding hydrogens is 292 g/mol. The van der Waals surface area contributed by atoms with Gasteiger partial charge in [0, 0.05) is 11.8 Å². The second-order valence-corrected chi connectivity index (χ2v) is 5.11. The van der Waals surface area contributed by atoms with Crippen LogP contribution in [0, 0.1) is 6.92 Å². The number of ether oxygens (including phenoxy) is 1. The fourth-order valence-corrected chi connectivity index (χ4v) is 2.48. The maximum Gasteiger partial charge on any atom is 0.340 e. The van der Waals surface area contributed by atoms with E-state index >= 15 is 0 Å². The molecule has 21 heavy (non-hydrogen) atoms. The summed E-state index contributed by atoms with van der Waals surface area (Å²) in [6.45, 7) is 3.67. The van der Waals surface area contributed by atoms with Gasteiger partial charge in [0.25, 0.3) is 5.56 Å². The van der Waals surface area contributed by atoms with Crippen LogP contribution in [-0.2, 0) is 4.74 Å². The lowest BCUT2D eigenvalue weighted by molar-refractivity contribution is 0.0521. The summed E-state index contributed by atoms with van der Waals surface area (Å²) in [5.74, 6) is -0.519. The van der Waals surface area contributed by atoms with Crippen molar-refractivity contribution in [2.75, 3.05) is 12.3 Å². The number of hydrogen-bond donors (Lipinski definition) is 2. The van der Waals surface area contributed by atoms with Crippen LogP contribution in [0.5, 0.6) is 0 Å². The number of nitrogens with two attached hydrogens (primary N) is 1. The average molecular weight is 306 g/mol. The third kappa shape index (κ3) is 3.82. The van der Waals surface area contributed by atoms with Gasteiger partial charge in [-0.3, -0.25) is 4.79 Å². The molecule has 0 fully saturated rings. The van der Waals surface area contributed by atoms with Gasteiger partial charge >= 0.3 is 5.97 Å². The SMILES string of the molecule is CCOC(=O)c1cc(N)cnc1Sc1nc(C)cc(=O)[nH]1. The lowest BCUT2D eigenvalue weighted by Crippen LogP contribution is -2.10. The van der Waals surface area contributed by atoms with Crippen LogP contribution in [0.3, 0.4) is 0 Å². The number of rotatable bonds is 4. The fourth-order valence-electron chi connectivity index (χ4n) is 1.60. The number of carbonyl (C=O) groups excluding carboxylic acids is 1. The van der Waals surface area contributed by atoms with Crippen molar-refractivity contribution < 1.29 is 9.53 Å². The Morgan fingerprint density at radius 3 is 2.90 bits per heavy atom. The van der Waals surface area contributed by atoms with Crippen molar-refractivity contribution in [3.8, 4) is 0 Å². The molecule has 0 saturated carbocycles. The van der Waals surface area contributed by atoms with Crippen LogP contribution in [0.2, 0.25) is 0 Å². The molecule has 2 aromatic rings. The van der Waals surface area contributed by atoms with Gasteiger partial charge in [0.05, 0.1) is 24.1 Å². The summed E-state index contributed by atoms with van der Waals surface area (Å²) in [7, 11) is 0. The Labute approximate surface area is 125 Å². The monoisotopic (exact) mass is 306 g/mol. The van der Waals surface area contributed by atoms with Crippen molar-refractivity contribution in [1.29, 1.82) is 0 Å². The number of nitrogens with zero attached hydrogens (tertiary/aromatic N) is 2. The van der Waals surface area contributed by atoms with E-state index in [0.29, 0.717) is 21.6 Å². The number of esters is 1. The third-order valence-electron chi connectivity index (χ3n) is 2.41. The number of aromatic amines is 1. The zero-order chi connectivity index (χ0) is 15.4. The van der Waals surface area contributed by atoms with Crippen LogP contribution in [0.1, 0.15) is 23.0 Å². The third-order valence-corrected chi connectivity index (χ3v) is 3.31. The van der Waals surface area contributed by atoms with Gasteiger partial charge in [-0.1, -0.05) is 0 Å². The molecule has 0 bridgehead atoms. The maximum absolute atomic E-state index is 11.9. The first-order chi connectivity index (χ1) is 9.99. The van der Waals surface area contributed by atoms with Gasteiger partial charge in [-0.25, -0.2) is 14.8 Å². The van der Waals surface area contributed by atoms with E-state index in [0.717, 1.165) is 11.8 Å². The fraction of sp³-hybridized carbons (Fsp3) is 0.231. The summed E-state index contributed by atoms with van der Waals surface area (Å²) in [5, 5.41) is 0.721. The molecule has 0 aliphatic carbocycles. The number of aromatic nitrogens is 3. The van der Waals surface area contributed by atoms with Crippen molar-refractivity contribution in [2.24, 2.45) is 0 Å². The van der Waals surface area contributed by atoms with Gasteiger partial charge in [-0.2, -0.15) is 0 Å². The number of H-pyrrole nitrogens is 1. The Morgan fingerprint density at radius 2 is 2.24 bits per heavy atom. The van der Waals surface area contributed by atoms with Crippen LogP contribution >= 0.6 is 11.8 Å². The summed E-state index contributed by atoms with van der Waals surface area (Å²) in [5.41, 5.74) is 6.56. The first-order valence-corrected chi connectivity index (χ1v) is 6.99. The largest absolute Gasteiger partial charge is 0.462 e. The van der Waals surface area contributed by atoms with Crippen molar-refractivity contribution in [3.05, 3.63) is 39.9 Å². The van der Waals surface area contributed by atoms with Gasteiger partial charge in [0.15, 0.2) is 5.16 Å². The van der Waals surface area contributed by atoms with Crippen molar-refractivity contribution in [1.82, 2.24) is 15.0 Å². The molecule has 0 saturated heterocycles. The highest BCUT2D eigenvalue weighted by atomic mass is 32.2. The maximum atomic E-state index is 11.9. The van der Waals surface area contributed by atoms with E-state index in [1.54, 1.807) is 13.8 Å². The van der Waals surface area contributed by atoms with E-state index in [1.165, 1.54) is 18.3 Å². The highest BCUT2D eigenvalue weighted by Crippen LogP contribution is 2.27. The lowest BCUT2D eigenvalue weighted by Gasteiger charge is -2.08. The highest BCUT2D eigenvalue weighted by molar-refractivity contribution is 7.99. The van der Waals surface area contributed by atoms with Crippen molar-refractivity contribution in [2.45, 2.75) is 24.0 Å². The van der Waals surface area contributed by atoms with E-state index in [4.69, 9.17) is 10.5 Å². The topological polar surface area (TPSA) is 111 Å². The number of pyridine rings is 1. The molecule has 8 heteroatoms. The molecule has 2 heterocycles. The quantitative estimate of drug-likeness (QED) is 0.648. The van der Waals surface area contributed by atoms with Gasteiger partial charge < -0.3 is 15.5 Å². The summed E-state index contributed by atoms with van der Waals surface area (Å²) in [6.07, 6.45) is 1.43. The molecule has 2 rings (SSSR count). The smallest absolute Gasteiger partial charge is 0.340 e. The number of hydrogen-bond acceptors (Lipinski definition) is 7. The van der Waals surface area contributed by atoms with Gasteiger partial charge in [0.2, 0.25) is 0 Å². The predicted octanol–water partition coefficient (Wildman–Crippen LogP) is 1.38. The number of nitrogens with one attached hydrogen (secondary N) is 1. The Morgan fingerprint density at radius 1 is 1.48 bits per heavy atom. The summed E-state index contributed by atoms with van der Waals surface area (Å²) >= 11 is 1.07. The van der Waals surface area contributed by atoms with Crippen LogP contribution < -0.4 is 11.3 Å². The summed E-state index contributed by atoms with van der Waals surface area (Å²) < 4.78 is 4.97. The average Bonchev–Trinajstić information content (AvgIpc) is 2.40. The Bertz CT molecular complexity index is 730. The first kappa shape index (κ1) is 15.0. The zero-order valence-electron chi connectivity index (χ0n) is 11.5. The Kier molecular flexibility index (Phi) is 4.59. The molecule has 110 valence electrons.